The summed E-state index contributed by atoms with van der Waals surface area (Å²) >= 11 is 0. The largest absolute Gasteiger partial charge is 0.442 e. The van der Waals surface area contributed by atoms with Crippen LogP contribution in [0.25, 0.3) is 11.1 Å². The maximum Gasteiger partial charge on any atom is 0.414 e. The van der Waals surface area contributed by atoms with Crippen molar-refractivity contribution in [3.63, 3.8) is 0 Å². The Morgan fingerprint density at radius 2 is 2.03 bits per heavy atom. The Hall–Kier alpha value is -3.04. The minimum atomic E-state index is -0.648. The summed E-state index contributed by atoms with van der Waals surface area (Å²) in [6, 6.07) is 11.4. The molecule has 1 aliphatic heterocycles. The molecular formula is C21H23F2N3O4. The topological polar surface area (TPSA) is 82.1 Å². The molecule has 1 fully saturated rings. The van der Waals surface area contributed by atoms with Gasteiger partial charge < -0.3 is 15.3 Å². The van der Waals surface area contributed by atoms with Gasteiger partial charge in [-0.05, 0) is 29.3 Å². The van der Waals surface area contributed by atoms with Crippen LogP contribution in [0.5, 0.6) is 0 Å². The molecule has 7 nitrogen and oxygen atoms in total. The summed E-state index contributed by atoms with van der Waals surface area (Å²) in [4.78, 5) is 24.4. The second-order valence-electron chi connectivity index (χ2n) is 6.99. The number of hydroxylamine groups is 2. The molecule has 1 aliphatic rings. The van der Waals surface area contributed by atoms with E-state index in [2.05, 4.69) is 5.32 Å². The lowest BCUT2D eigenvalue weighted by molar-refractivity contribution is -0.119. The highest BCUT2D eigenvalue weighted by atomic mass is 19.1. The van der Waals surface area contributed by atoms with Gasteiger partial charge in [0.1, 0.15) is 18.6 Å². The monoisotopic (exact) mass is 419 g/mol. The first-order valence-corrected chi connectivity index (χ1v) is 9.48. The fourth-order valence-corrected chi connectivity index (χ4v) is 3.18. The average Bonchev–Trinajstić information content (AvgIpc) is 3.08. The summed E-state index contributed by atoms with van der Waals surface area (Å²) < 4.78 is 32.2. The molecule has 2 amide bonds. The van der Waals surface area contributed by atoms with Gasteiger partial charge in [0.25, 0.3) is 0 Å². The summed E-state index contributed by atoms with van der Waals surface area (Å²) in [5.74, 6) is -0.723. The van der Waals surface area contributed by atoms with Gasteiger partial charge in [0.05, 0.1) is 25.3 Å². The van der Waals surface area contributed by atoms with E-state index in [0.717, 1.165) is 10.6 Å². The predicted molar refractivity (Wildman–Crippen MR) is 106 cm³/mol. The first kappa shape index (κ1) is 21.7. The van der Waals surface area contributed by atoms with Crippen molar-refractivity contribution >= 4 is 17.7 Å². The first-order chi connectivity index (χ1) is 14.4. The second kappa shape index (κ2) is 9.64. The average molecular weight is 419 g/mol. The minimum Gasteiger partial charge on any atom is -0.442 e. The molecule has 2 aromatic rings. The fraction of sp³-hybridized carbons (Fsp3) is 0.333. The summed E-state index contributed by atoms with van der Waals surface area (Å²) in [7, 11) is 0. The Kier molecular flexibility index (Phi) is 6.96. The standard InChI is InChI=1S/C21H23F2N3O4/c1-14(27)24-11-18-13-26(21(28)30-18)17-6-7-19(20(23)10-17)16-4-2-15(3-5-16)12-25(29)9-8-22/h2-7,10,18,29H,8-9,11-13H2,1H3,(H,24,27)/t18-/m0/s1. The van der Waals surface area contributed by atoms with Crippen LogP contribution in [0.4, 0.5) is 19.3 Å². The molecule has 0 saturated carbocycles. The second-order valence-corrected chi connectivity index (χ2v) is 6.99. The molecule has 0 aliphatic carbocycles. The van der Waals surface area contributed by atoms with E-state index in [1.165, 1.54) is 17.9 Å². The number of benzene rings is 2. The van der Waals surface area contributed by atoms with Crippen LogP contribution in [0.15, 0.2) is 42.5 Å². The zero-order valence-electron chi connectivity index (χ0n) is 16.5. The van der Waals surface area contributed by atoms with Crippen molar-refractivity contribution in [2.45, 2.75) is 19.6 Å². The van der Waals surface area contributed by atoms with Crippen molar-refractivity contribution in [1.82, 2.24) is 10.4 Å². The molecule has 30 heavy (non-hydrogen) atoms. The van der Waals surface area contributed by atoms with Crippen LogP contribution in [-0.4, -0.2) is 54.7 Å². The number of hydrogen-bond acceptors (Lipinski definition) is 5. The SMILES string of the molecule is CC(=O)NC[C@H]1CN(c2ccc(-c3ccc(CN(O)CCF)cc3)c(F)c2)C(=O)O1. The van der Waals surface area contributed by atoms with Crippen molar-refractivity contribution in [2.24, 2.45) is 0 Å². The fourth-order valence-electron chi connectivity index (χ4n) is 3.18. The molecule has 0 spiro atoms. The molecule has 1 heterocycles. The molecular weight excluding hydrogens is 396 g/mol. The van der Waals surface area contributed by atoms with Crippen molar-refractivity contribution in [3.8, 4) is 11.1 Å². The maximum absolute atomic E-state index is 14.8. The lowest BCUT2D eigenvalue weighted by Gasteiger charge is -2.15. The summed E-state index contributed by atoms with van der Waals surface area (Å²) in [5, 5.41) is 13.0. The predicted octanol–water partition coefficient (Wildman–Crippen LogP) is 3.11. The van der Waals surface area contributed by atoms with Gasteiger partial charge in [-0.1, -0.05) is 24.3 Å². The number of anilines is 1. The molecule has 0 bridgehead atoms. The number of amides is 2. The number of alkyl halides is 1. The summed E-state index contributed by atoms with van der Waals surface area (Å²) in [6.45, 7) is 1.22. The number of nitrogens with one attached hydrogen (secondary N) is 1. The third kappa shape index (κ3) is 5.31. The van der Waals surface area contributed by atoms with Crippen molar-refractivity contribution in [1.29, 1.82) is 0 Å². The van der Waals surface area contributed by atoms with Crippen molar-refractivity contribution in [3.05, 3.63) is 53.8 Å². The summed E-state index contributed by atoms with van der Waals surface area (Å²) in [5.41, 5.74) is 2.12. The van der Waals surface area contributed by atoms with E-state index in [-0.39, 0.29) is 32.1 Å². The molecule has 0 aromatic heterocycles. The molecule has 0 radical (unpaired) electrons. The number of ether oxygens (including phenoxy) is 1. The number of carbonyl (C=O) groups is 2. The minimum absolute atomic E-state index is 0.0809. The Morgan fingerprint density at radius 3 is 2.67 bits per heavy atom. The van der Waals surface area contributed by atoms with Crippen LogP contribution in [0.1, 0.15) is 12.5 Å². The lowest BCUT2D eigenvalue weighted by atomic mass is 10.0. The maximum atomic E-state index is 14.8. The van der Waals surface area contributed by atoms with Gasteiger partial charge in [0.15, 0.2) is 0 Å². The number of halogens is 2. The smallest absolute Gasteiger partial charge is 0.414 e. The summed E-state index contributed by atoms with van der Waals surface area (Å²) in [6.07, 6.45) is -1.09. The molecule has 3 rings (SSSR count). The third-order valence-electron chi connectivity index (χ3n) is 4.69. The van der Waals surface area contributed by atoms with Crippen LogP contribution >= 0.6 is 0 Å². The molecule has 1 atom stereocenters. The van der Waals surface area contributed by atoms with Crippen LogP contribution < -0.4 is 10.2 Å². The highest BCUT2D eigenvalue weighted by Gasteiger charge is 2.32. The highest BCUT2D eigenvalue weighted by Crippen LogP contribution is 2.29. The quantitative estimate of drug-likeness (QED) is 0.643. The van der Waals surface area contributed by atoms with Gasteiger partial charge in [-0.3, -0.25) is 9.69 Å². The van der Waals surface area contributed by atoms with Gasteiger partial charge in [0.2, 0.25) is 5.91 Å². The number of hydrogen-bond donors (Lipinski definition) is 2. The molecule has 1 saturated heterocycles. The van der Waals surface area contributed by atoms with E-state index in [9.17, 15) is 23.6 Å². The van der Waals surface area contributed by atoms with E-state index in [0.29, 0.717) is 16.8 Å². The lowest BCUT2D eigenvalue weighted by Crippen LogP contribution is -2.33. The number of nitrogens with zero attached hydrogens (tertiary/aromatic N) is 2. The van der Waals surface area contributed by atoms with E-state index >= 15 is 0 Å². The number of cyclic esters (lactones) is 1. The zero-order chi connectivity index (χ0) is 21.7. The van der Waals surface area contributed by atoms with E-state index < -0.39 is 24.7 Å². The molecule has 2 N–H and O–H groups in total. The van der Waals surface area contributed by atoms with Crippen molar-refractivity contribution in [2.75, 3.05) is 31.2 Å². The molecule has 160 valence electrons. The molecule has 2 aromatic carbocycles. The number of carbonyl (C=O) groups excluding carboxylic acids is 2. The first-order valence-electron chi connectivity index (χ1n) is 9.48. The van der Waals surface area contributed by atoms with Crippen LogP contribution in [0, 0.1) is 5.82 Å². The Morgan fingerprint density at radius 1 is 1.30 bits per heavy atom. The molecule has 9 heteroatoms. The Labute approximate surface area is 172 Å². The molecule has 0 unspecified atom stereocenters. The Balaban J connectivity index is 1.69. The van der Waals surface area contributed by atoms with Gasteiger partial charge in [-0.15, -0.1) is 0 Å². The van der Waals surface area contributed by atoms with E-state index in [1.807, 2.05) is 0 Å². The Bertz CT molecular complexity index is 908. The van der Waals surface area contributed by atoms with Crippen LogP contribution in [0.3, 0.4) is 0 Å². The van der Waals surface area contributed by atoms with Crippen LogP contribution in [-0.2, 0) is 16.1 Å². The zero-order valence-corrected chi connectivity index (χ0v) is 16.5. The van der Waals surface area contributed by atoms with E-state index in [1.54, 1.807) is 36.4 Å². The van der Waals surface area contributed by atoms with Gasteiger partial charge in [0, 0.05) is 19.0 Å². The third-order valence-corrected chi connectivity index (χ3v) is 4.69. The van der Waals surface area contributed by atoms with Crippen molar-refractivity contribution < 1.29 is 28.3 Å². The van der Waals surface area contributed by atoms with Gasteiger partial charge >= 0.3 is 6.09 Å². The van der Waals surface area contributed by atoms with E-state index in [4.69, 9.17) is 4.74 Å². The number of rotatable bonds is 8. The normalized spacial score (nSPS) is 16.1. The van der Waals surface area contributed by atoms with Crippen LogP contribution in [0.2, 0.25) is 0 Å². The highest BCUT2D eigenvalue weighted by molar-refractivity contribution is 5.90. The van der Waals surface area contributed by atoms with Gasteiger partial charge in [-0.25, -0.2) is 13.6 Å². The van der Waals surface area contributed by atoms with Gasteiger partial charge in [-0.2, -0.15) is 5.06 Å².